The molecule has 0 unspecified atom stereocenters. The van der Waals surface area contributed by atoms with Gasteiger partial charge >= 0.3 is 12.0 Å². The highest BCUT2D eigenvalue weighted by Gasteiger charge is 2.33. The second-order valence-electron chi connectivity index (χ2n) is 5.04. The van der Waals surface area contributed by atoms with Gasteiger partial charge in [0.05, 0.1) is 25.3 Å². The van der Waals surface area contributed by atoms with Crippen molar-refractivity contribution in [3.63, 3.8) is 0 Å². The van der Waals surface area contributed by atoms with Gasteiger partial charge in [-0.25, -0.2) is 9.59 Å². The lowest BCUT2D eigenvalue weighted by Crippen LogP contribution is -2.45. The molecule has 6 nitrogen and oxygen atoms in total. The predicted molar refractivity (Wildman–Crippen MR) is 81.5 cm³/mol. The summed E-state index contributed by atoms with van der Waals surface area (Å²) in [5, 5.41) is 5.36. The minimum absolute atomic E-state index is 0.265. The van der Waals surface area contributed by atoms with Crippen molar-refractivity contribution >= 4 is 12.0 Å². The molecular weight excluding hydrogens is 284 g/mol. The van der Waals surface area contributed by atoms with E-state index in [1.807, 2.05) is 25.1 Å². The number of hydrogen-bond donors (Lipinski definition) is 2. The highest BCUT2D eigenvalue weighted by molar-refractivity contribution is 5.95. The topological polar surface area (TPSA) is 76.7 Å². The van der Waals surface area contributed by atoms with Gasteiger partial charge in [-0.1, -0.05) is 12.1 Å². The first kappa shape index (κ1) is 15.9. The Morgan fingerprint density at radius 3 is 2.68 bits per heavy atom. The van der Waals surface area contributed by atoms with E-state index in [9.17, 15) is 9.59 Å². The van der Waals surface area contributed by atoms with Gasteiger partial charge in [0, 0.05) is 11.3 Å². The maximum absolute atomic E-state index is 12.3. The van der Waals surface area contributed by atoms with Gasteiger partial charge in [-0.3, -0.25) is 0 Å². The fourth-order valence-electron chi connectivity index (χ4n) is 2.46. The van der Waals surface area contributed by atoms with E-state index < -0.39 is 12.0 Å². The number of rotatable bonds is 4. The van der Waals surface area contributed by atoms with Crippen molar-refractivity contribution in [3.05, 3.63) is 40.6 Å². The number of carbonyl (C=O) groups excluding carboxylic acids is 2. The molecule has 1 heterocycles. The third-order valence-corrected chi connectivity index (χ3v) is 3.46. The average molecular weight is 304 g/mol. The van der Waals surface area contributed by atoms with Crippen molar-refractivity contribution in [2.45, 2.75) is 26.8 Å². The van der Waals surface area contributed by atoms with E-state index in [-0.39, 0.29) is 12.6 Å². The Morgan fingerprint density at radius 1 is 1.32 bits per heavy atom. The number of hydrogen-bond acceptors (Lipinski definition) is 4. The second kappa shape index (κ2) is 6.51. The van der Waals surface area contributed by atoms with Gasteiger partial charge in [0.1, 0.15) is 5.75 Å². The van der Waals surface area contributed by atoms with Gasteiger partial charge in [-0.15, -0.1) is 0 Å². The minimum atomic E-state index is -0.608. The van der Waals surface area contributed by atoms with E-state index in [0.717, 1.165) is 5.56 Å². The quantitative estimate of drug-likeness (QED) is 0.836. The Labute approximate surface area is 129 Å². The molecule has 1 aliphatic rings. The predicted octanol–water partition coefficient (Wildman–Crippen LogP) is 2.19. The van der Waals surface area contributed by atoms with Gasteiger partial charge in [0.15, 0.2) is 0 Å². The van der Waals surface area contributed by atoms with Crippen LogP contribution in [0.15, 0.2) is 29.5 Å². The normalized spacial score (nSPS) is 17.6. The van der Waals surface area contributed by atoms with Crippen LogP contribution in [0.5, 0.6) is 5.75 Å². The van der Waals surface area contributed by atoms with Crippen molar-refractivity contribution in [3.8, 4) is 5.75 Å². The fraction of sp³-hybridized carbons (Fsp3) is 0.375. The maximum atomic E-state index is 12.3. The molecule has 0 radical (unpaired) electrons. The van der Waals surface area contributed by atoms with Crippen LogP contribution in [0.3, 0.4) is 0 Å². The highest BCUT2D eigenvalue weighted by atomic mass is 16.5. The van der Waals surface area contributed by atoms with Crippen molar-refractivity contribution in [1.29, 1.82) is 0 Å². The molecule has 2 amide bonds. The molecule has 0 spiro atoms. The third kappa shape index (κ3) is 3.05. The third-order valence-electron chi connectivity index (χ3n) is 3.46. The molecule has 0 bridgehead atoms. The number of carbonyl (C=O) groups is 2. The van der Waals surface area contributed by atoms with Crippen molar-refractivity contribution in [1.82, 2.24) is 10.6 Å². The smallest absolute Gasteiger partial charge is 0.338 e. The summed E-state index contributed by atoms with van der Waals surface area (Å²) in [6.07, 6.45) is 0. The van der Waals surface area contributed by atoms with Gasteiger partial charge < -0.3 is 20.1 Å². The van der Waals surface area contributed by atoms with Crippen LogP contribution < -0.4 is 15.4 Å². The van der Waals surface area contributed by atoms with Crippen LogP contribution in [-0.2, 0) is 9.53 Å². The van der Waals surface area contributed by atoms with Crippen LogP contribution in [0.1, 0.15) is 31.0 Å². The molecule has 2 N–H and O–H groups in total. The lowest BCUT2D eigenvalue weighted by atomic mass is 9.94. The zero-order valence-electron chi connectivity index (χ0n) is 13.1. The zero-order chi connectivity index (χ0) is 16.3. The summed E-state index contributed by atoms with van der Waals surface area (Å²) in [7, 11) is 1.56. The Hall–Kier alpha value is -2.50. The second-order valence-corrected chi connectivity index (χ2v) is 5.04. The van der Waals surface area contributed by atoms with Crippen molar-refractivity contribution in [2.24, 2.45) is 0 Å². The molecule has 0 aliphatic carbocycles. The van der Waals surface area contributed by atoms with Gasteiger partial charge in [-0.2, -0.15) is 0 Å². The van der Waals surface area contributed by atoms with Crippen LogP contribution in [0.2, 0.25) is 0 Å². The standard InChI is InChI=1S/C16H20N2O4/c1-5-22-15(19)13-10(3)17-16(20)18-14(13)11-7-6-9(2)8-12(11)21-4/h6-8,14H,5H2,1-4H3,(H2,17,18,20)/t14-/m1/s1. The molecule has 2 rings (SSSR count). The van der Waals surface area contributed by atoms with E-state index in [2.05, 4.69) is 10.6 Å². The lowest BCUT2D eigenvalue weighted by Gasteiger charge is -2.29. The molecule has 6 heteroatoms. The van der Waals surface area contributed by atoms with Crippen LogP contribution in [-0.4, -0.2) is 25.7 Å². The first-order valence-electron chi connectivity index (χ1n) is 7.07. The fourth-order valence-corrected chi connectivity index (χ4v) is 2.46. The molecule has 0 saturated heterocycles. The summed E-state index contributed by atoms with van der Waals surface area (Å²) in [6.45, 7) is 5.63. The van der Waals surface area contributed by atoms with E-state index in [4.69, 9.17) is 9.47 Å². The summed E-state index contributed by atoms with van der Waals surface area (Å²) in [4.78, 5) is 24.1. The maximum Gasteiger partial charge on any atom is 0.338 e. The molecular formula is C16H20N2O4. The number of nitrogens with one attached hydrogen (secondary N) is 2. The van der Waals surface area contributed by atoms with Crippen LogP contribution in [0, 0.1) is 6.92 Å². The van der Waals surface area contributed by atoms with Crippen LogP contribution in [0.25, 0.3) is 0 Å². The highest BCUT2D eigenvalue weighted by Crippen LogP contribution is 2.34. The molecule has 0 fully saturated rings. The van der Waals surface area contributed by atoms with Gasteiger partial charge in [-0.05, 0) is 32.4 Å². The number of urea groups is 1. The zero-order valence-corrected chi connectivity index (χ0v) is 13.1. The summed E-state index contributed by atoms with van der Waals surface area (Å²) in [5.41, 5.74) is 2.60. The molecule has 1 aliphatic heterocycles. The molecule has 118 valence electrons. The number of ether oxygens (including phenoxy) is 2. The lowest BCUT2D eigenvalue weighted by molar-refractivity contribution is -0.139. The molecule has 0 aromatic heterocycles. The number of aryl methyl sites for hydroxylation is 1. The number of benzene rings is 1. The Balaban J connectivity index is 2.52. The first-order valence-corrected chi connectivity index (χ1v) is 7.07. The number of amides is 2. The van der Waals surface area contributed by atoms with Gasteiger partial charge in [0.25, 0.3) is 0 Å². The Bertz CT molecular complexity index is 637. The number of esters is 1. The largest absolute Gasteiger partial charge is 0.496 e. The molecule has 1 aromatic rings. The molecule has 1 atom stereocenters. The SMILES string of the molecule is CCOC(=O)C1=C(C)NC(=O)N[C@@H]1c1ccc(C)cc1OC. The van der Waals surface area contributed by atoms with E-state index in [1.165, 1.54) is 0 Å². The monoisotopic (exact) mass is 304 g/mol. The minimum Gasteiger partial charge on any atom is -0.496 e. The van der Waals surface area contributed by atoms with Crippen LogP contribution >= 0.6 is 0 Å². The van der Waals surface area contributed by atoms with Crippen LogP contribution in [0.4, 0.5) is 4.79 Å². The van der Waals surface area contributed by atoms with Gasteiger partial charge in [0.2, 0.25) is 0 Å². The Kier molecular flexibility index (Phi) is 4.70. The molecule has 1 aromatic carbocycles. The summed E-state index contributed by atoms with van der Waals surface area (Å²) >= 11 is 0. The number of methoxy groups -OCH3 is 1. The van der Waals surface area contributed by atoms with E-state index in [1.54, 1.807) is 21.0 Å². The van der Waals surface area contributed by atoms with E-state index >= 15 is 0 Å². The Morgan fingerprint density at radius 2 is 2.05 bits per heavy atom. The molecule has 22 heavy (non-hydrogen) atoms. The average Bonchev–Trinajstić information content (AvgIpc) is 2.46. The van der Waals surface area contributed by atoms with E-state index in [0.29, 0.717) is 22.6 Å². The van der Waals surface area contributed by atoms with Crippen molar-refractivity contribution < 1.29 is 19.1 Å². The van der Waals surface area contributed by atoms with Crippen molar-refractivity contribution in [2.75, 3.05) is 13.7 Å². The first-order chi connectivity index (χ1) is 10.5. The number of allylic oxidation sites excluding steroid dienone is 1. The molecule has 0 saturated carbocycles. The summed E-state index contributed by atoms with van der Waals surface area (Å²) < 4.78 is 10.5. The summed E-state index contributed by atoms with van der Waals surface area (Å²) in [6, 6.07) is 4.64. The summed E-state index contributed by atoms with van der Waals surface area (Å²) in [5.74, 6) is 0.155.